The zero-order valence-corrected chi connectivity index (χ0v) is 14.8. The summed E-state index contributed by atoms with van der Waals surface area (Å²) in [5, 5.41) is 10.4. The van der Waals surface area contributed by atoms with Crippen molar-refractivity contribution in [2.75, 3.05) is 12.3 Å². The third kappa shape index (κ3) is 2.33. The van der Waals surface area contributed by atoms with E-state index in [1.165, 1.54) is 6.33 Å². The van der Waals surface area contributed by atoms with Gasteiger partial charge in [0.25, 0.3) is 0 Å². The largest absolute Gasteiger partial charge is 0.394 e. The van der Waals surface area contributed by atoms with Crippen molar-refractivity contribution in [3.63, 3.8) is 0 Å². The first-order valence-electron chi connectivity index (χ1n) is 7.30. The first kappa shape index (κ1) is 15.5. The SMILES string of the molecule is CC1(C)OC2[C@@H](CO)O[C@@H](n3cc(I)c4c(N)ncnc43)[C@H]2O1. The Morgan fingerprint density at radius 1 is 1.35 bits per heavy atom. The van der Waals surface area contributed by atoms with Gasteiger partial charge in [-0.3, -0.25) is 0 Å². The molecule has 2 aromatic heterocycles. The quantitative estimate of drug-likeness (QED) is 0.684. The van der Waals surface area contributed by atoms with Crippen molar-refractivity contribution in [2.24, 2.45) is 0 Å². The highest BCUT2D eigenvalue weighted by Crippen LogP contribution is 2.44. The predicted octanol–water partition coefficient (Wildman–Crippen LogP) is 1.03. The molecule has 2 aliphatic heterocycles. The molecule has 0 radical (unpaired) electrons. The molecule has 2 saturated heterocycles. The minimum Gasteiger partial charge on any atom is -0.394 e. The van der Waals surface area contributed by atoms with Crippen LogP contribution in [0.25, 0.3) is 11.0 Å². The maximum absolute atomic E-state index is 9.59. The van der Waals surface area contributed by atoms with Gasteiger partial charge in [-0.15, -0.1) is 0 Å². The number of nitrogens with two attached hydrogens (primary N) is 1. The lowest BCUT2D eigenvalue weighted by Crippen LogP contribution is -2.31. The number of halogens is 1. The molecule has 3 N–H and O–H groups in total. The van der Waals surface area contributed by atoms with Crippen LogP contribution in [0.1, 0.15) is 20.1 Å². The molecule has 0 aromatic carbocycles. The molecule has 2 aliphatic rings. The molecule has 1 unspecified atom stereocenters. The number of rotatable bonds is 2. The number of aliphatic hydroxyl groups excluding tert-OH is 1. The molecule has 9 heteroatoms. The summed E-state index contributed by atoms with van der Waals surface area (Å²) in [6.07, 6.45) is 1.79. The molecular formula is C14H17IN4O4. The Hall–Kier alpha value is -1.01. The van der Waals surface area contributed by atoms with E-state index in [1.807, 2.05) is 24.6 Å². The van der Waals surface area contributed by atoms with Crippen molar-refractivity contribution in [2.45, 2.75) is 44.2 Å². The minimum absolute atomic E-state index is 0.134. The second-order valence-electron chi connectivity index (χ2n) is 6.15. The van der Waals surface area contributed by atoms with Crippen molar-refractivity contribution >= 4 is 39.4 Å². The van der Waals surface area contributed by atoms with Gasteiger partial charge in [-0.1, -0.05) is 0 Å². The highest BCUT2D eigenvalue weighted by molar-refractivity contribution is 14.1. The van der Waals surface area contributed by atoms with Crippen LogP contribution >= 0.6 is 22.6 Å². The average molecular weight is 432 g/mol. The second-order valence-corrected chi connectivity index (χ2v) is 7.32. The van der Waals surface area contributed by atoms with E-state index in [9.17, 15) is 5.11 Å². The molecule has 4 rings (SSSR count). The zero-order valence-electron chi connectivity index (χ0n) is 12.6. The van der Waals surface area contributed by atoms with Crippen LogP contribution in [-0.2, 0) is 14.2 Å². The smallest absolute Gasteiger partial charge is 0.164 e. The zero-order chi connectivity index (χ0) is 16.4. The van der Waals surface area contributed by atoms with Crippen molar-refractivity contribution in [1.29, 1.82) is 0 Å². The Balaban J connectivity index is 1.81. The molecule has 8 nitrogen and oxygen atoms in total. The van der Waals surface area contributed by atoms with Crippen molar-refractivity contribution in [3.8, 4) is 0 Å². The number of aliphatic hydroxyl groups is 1. The van der Waals surface area contributed by atoms with Crippen LogP contribution in [0.4, 0.5) is 5.82 Å². The lowest BCUT2D eigenvalue weighted by atomic mass is 10.1. The Kier molecular flexibility index (Phi) is 3.54. The van der Waals surface area contributed by atoms with Crippen molar-refractivity contribution in [3.05, 3.63) is 16.1 Å². The Labute approximate surface area is 146 Å². The molecule has 0 aliphatic carbocycles. The monoisotopic (exact) mass is 432 g/mol. The fourth-order valence-electron chi connectivity index (χ4n) is 3.29. The number of ether oxygens (including phenoxy) is 3. The van der Waals surface area contributed by atoms with E-state index < -0.39 is 18.1 Å². The van der Waals surface area contributed by atoms with Gasteiger partial charge in [0.15, 0.2) is 12.0 Å². The van der Waals surface area contributed by atoms with Gasteiger partial charge >= 0.3 is 0 Å². The fourth-order valence-corrected chi connectivity index (χ4v) is 4.10. The first-order valence-corrected chi connectivity index (χ1v) is 8.37. The molecule has 124 valence electrons. The minimum atomic E-state index is -0.713. The van der Waals surface area contributed by atoms with Gasteiger partial charge in [0.05, 0.1) is 12.0 Å². The number of hydrogen-bond donors (Lipinski definition) is 2. The Morgan fingerprint density at radius 2 is 2.09 bits per heavy atom. The van der Waals surface area contributed by atoms with Crippen LogP contribution < -0.4 is 5.73 Å². The van der Waals surface area contributed by atoms with Crippen LogP contribution in [0.2, 0.25) is 0 Å². The first-order chi connectivity index (χ1) is 10.9. The molecule has 4 heterocycles. The Morgan fingerprint density at radius 3 is 2.83 bits per heavy atom. The van der Waals surface area contributed by atoms with Gasteiger partial charge in [-0.25, -0.2) is 9.97 Å². The third-order valence-corrected chi connectivity index (χ3v) is 4.99. The van der Waals surface area contributed by atoms with Crippen molar-refractivity contribution < 1.29 is 19.3 Å². The summed E-state index contributed by atoms with van der Waals surface area (Å²) in [7, 11) is 0. The number of anilines is 1. The van der Waals surface area contributed by atoms with Gasteiger partial charge in [-0.2, -0.15) is 0 Å². The normalized spacial score (nSPS) is 32.5. The van der Waals surface area contributed by atoms with Gasteiger partial charge in [-0.05, 0) is 36.4 Å². The number of fused-ring (bicyclic) bond motifs is 2. The second kappa shape index (κ2) is 5.24. The summed E-state index contributed by atoms with van der Waals surface area (Å²) in [5.74, 6) is -0.287. The molecule has 2 fully saturated rings. The van der Waals surface area contributed by atoms with Gasteiger partial charge in [0, 0.05) is 9.77 Å². The summed E-state index contributed by atoms with van der Waals surface area (Å²) in [6.45, 7) is 3.58. The molecule has 0 saturated carbocycles. The molecule has 4 atom stereocenters. The third-order valence-electron chi connectivity index (χ3n) is 4.17. The summed E-state index contributed by atoms with van der Waals surface area (Å²) in [6, 6.07) is 0. The lowest BCUT2D eigenvalue weighted by Gasteiger charge is -2.24. The summed E-state index contributed by atoms with van der Waals surface area (Å²) < 4.78 is 20.7. The topological polar surface area (TPSA) is 105 Å². The van der Waals surface area contributed by atoms with Gasteiger partial charge in [0.1, 0.15) is 36.1 Å². The standard InChI is InChI=1S/C14H17IN4O4/c1-14(2)22-9-7(4-20)21-13(10(9)23-14)19-3-6(15)8-11(16)17-5-18-12(8)19/h3,5,7,9-10,13,20H,4H2,1-2H3,(H2,16,17,18)/t7-,9?,10+,13-/m1/s1. The van der Waals surface area contributed by atoms with Crippen LogP contribution in [0.5, 0.6) is 0 Å². The fraction of sp³-hybridized carbons (Fsp3) is 0.571. The maximum Gasteiger partial charge on any atom is 0.164 e. The lowest BCUT2D eigenvalue weighted by molar-refractivity contribution is -0.199. The highest BCUT2D eigenvalue weighted by Gasteiger charge is 2.55. The molecule has 2 aromatic rings. The number of nitrogens with zero attached hydrogens (tertiary/aromatic N) is 3. The van der Waals surface area contributed by atoms with E-state index in [0.717, 1.165) is 8.96 Å². The van der Waals surface area contributed by atoms with E-state index in [-0.39, 0.29) is 18.8 Å². The number of nitrogen functional groups attached to an aromatic ring is 1. The molecule has 0 spiro atoms. The Bertz CT molecular complexity index is 765. The van der Waals surface area contributed by atoms with E-state index in [4.69, 9.17) is 19.9 Å². The van der Waals surface area contributed by atoms with Crippen LogP contribution in [-0.4, -0.2) is 50.3 Å². The molecule has 0 bridgehead atoms. The molecule has 23 heavy (non-hydrogen) atoms. The van der Waals surface area contributed by atoms with E-state index in [0.29, 0.717) is 11.5 Å². The average Bonchev–Trinajstić information content (AvgIpc) is 3.08. The summed E-state index contributed by atoms with van der Waals surface area (Å²) >= 11 is 2.19. The van der Waals surface area contributed by atoms with E-state index >= 15 is 0 Å². The molecular weight excluding hydrogens is 415 g/mol. The number of aromatic nitrogens is 3. The van der Waals surface area contributed by atoms with E-state index in [1.54, 1.807) is 0 Å². The van der Waals surface area contributed by atoms with Crippen LogP contribution in [0.15, 0.2) is 12.5 Å². The predicted molar refractivity (Wildman–Crippen MR) is 89.5 cm³/mol. The van der Waals surface area contributed by atoms with Crippen LogP contribution in [0, 0.1) is 3.57 Å². The highest BCUT2D eigenvalue weighted by atomic mass is 127. The molecule has 0 amide bonds. The van der Waals surface area contributed by atoms with Crippen LogP contribution in [0.3, 0.4) is 0 Å². The van der Waals surface area contributed by atoms with Gasteiger partial charge < -0.3 is 29.6 Å². The van der Waals surface area contributed by atoms with E-state index in [2.05, 4.69) is 32.6 Å². The number of hydrogen-bond acceptors (Lipinski definition) is 7. The maximum atomic E-state index is 9.59. The summed E-state index contributed by atoms with van der Waals surface area (Å²) in [4.78, 5) is 8.38. The summed E-state index contributed by atoms with van der Waals surface area (Å²) in [5.41, 5.74) is 6.64. The van der Waals surface area contributed by atoms with Gasteiger partial charge in [0.2, 0.25) is 0 Å². The van der Waals surface area contributed by atoms with Crippen molar-refractivity contribution in [1.82, 2.24) is 14.5 Å².